The number of rotatable bonds is 4. The van der Waals surface area contributed by atoms with Crippen molar-refractivity contribution in [2.75, 3.05) is 0 Å². The molecule has 0 aliphatic rings. The van der Waals surface area contributed by atoms with E-state index in [9.17, 15) is 4.39 Å². The first-order valence-corrected chi connectivity index (χ1v) is 7.29. The lowest BCUT2D eigenvalue weighted by molar-refractivity contribution is 0.535. The largest absolute Gasteiger partial charge is 0.271 e. The molecule has 0 spiro atoms. The second-order valence-electron chi connectivity index (χ2n) is 3.83. The molecule has 1 unspecified atom stereocenters. The topological polar surface area (TPSA) is 38.0 Å². The van der Waals surface area contributed by atoms with Crippen molar-refractivity contribution in [3.63, 3.8) is 0 Å². The van der Waals surface area contributed by atoms with Crippen LogP contribution in [0.25, 0.3) is 0 Å². The average molecular weight is 350 g/mol. The molecule has 1 aromatic carbocycles. The Bertz CT molecular complexity index is 547. The highest BCUT2D eigenvalue weighted by molar-refractivity contribution is 9.10. The third-order valence-electron chi connectivity index (χ3n) is 2.57. The van der Waals surface area contributed by atoms with E-state index in [1.54, 1.807) is 23.5 Å². The SMILES string of the molecule is NNC(Cc1ccc(Cl)cc1F)c1cc(Br)cs1. The van der Waals surface area contributed by atoms with E-state index in [0.29, 0.717) is 17.0 Å². The van der Waals surface area contributed by atoms with E-state index in [2.05, 4.69) is 21.4 Å². The molecule has 6 heteroatoms. The second-order valence-corrected chi connectivity index (χ2v) is 6.12. The van der Waals surface area contributed by atoms with Crippen LogP contribution in [-0.4, -0.2) is 0 Å². The van der Waals surface area contributed by atoms with Crippen molar-refractivity contribution in [2.24, 2.45) is 5.84 Å². The van der Waals surface area contributed by atoms with Gasteiger partial charge in [0, 0.05) is 19.8 Å². The van der Waals surface area contributed by atoms with Gasteiger partial charge in [-0.05, 0) is 46.1 Å². The van der Waals surface area contributed by atoms with E-state index in [1.165, 1.54) is 6.07 Å². The van der Waals surface area contributed by atoms with Gasteiger partial charge in [-0.3, -0.25) is 11.3 Å². The van der Waals surface area contributed by atoms with Gasteiger partial charge < -0.3 is 0 Å². The van der Waals surface area contributed by atoms with Crippen LogP contribution < -0.4 is 11.3 Å². The molecule has 0 aliphatic carbocycles. The Hall–Kier alpha value is -0.460. The smallest absolute Gasteiger partial charge is 0.127 e. The predicted octanol–water partition coefficient (Wildman–Crippen LogP) is 4.05. The van der Waals surface area contributed by atoms with Gasteiger partial charge in [-0.2, -0.15) is 0 Å². The highest BCUT2D eigenvalue weighted by Gasteiger charge is 2.15. The lowest BCUT2D eigenvalue weighted by atomic mass is 10.0. The maximum absolute atomic E-state index is 13.7. The van der Waals surface area contributed by atoms with Gasteiger partial charge in [0.15, 0.2) is 0 Å². The summed E-state index contributed by atoms with van der Waals surface area (Å²) in [6.45, 7) is 0. The summed E-state index contributed by atoms with van der Waals surface area (Å²) in [5.41, 5.74) is 3.30. The zero-order valence-corrected chi connectivity index (χ0v) is 12.4. The molecule has 0 saturated heterocycles. The normalized spacial score (nSPS) is 12.7. The lowest BCUT2D eigenvalue weighted by Crippen LogP contribution is -2.29. The van der Waals surface area contributed by atoms with Gasteiger partial charge in [0.1, 0.15) is 5.82 Å². The summed E-state index contributed by atoms with van der Waals surface area (Å²) in [4.78, 5) is 1.05. The van der Waals surface area contributed by atoms with Gasteiger partial charge in [0.05, 0.1) is 6.04 Å². The fourth-order valence-corrected chi connectivity index (χ4v) is 3.32. The number of thiophene rings is 1. The molecule has 3 N–H and O–H groups in total. The first kappa shape index (κ1) is 14.0. The Morgan fingerprint density at radius 2 is 2.22 bits per heavy atom. The number of hydrogen-bond acceptors (Lipinski definition) is 3. The number of nitrogens with one attached hydrogen (secondary N) is 1. The van der Waals surface area contributed by atoms with Crippen molar-refractivity contribution in [3.05, 3.63) is 55.4 Å². The second kappa shape index (κ2) is 6.12. The molecule has 0 radical (unpaired) electrons. The molecule has 2 aromatic rings. The minimum Gasteiger partial charge on any atom is -0.271 e. The third kappa shape index (κ3) is 3.30. The van der Waals surface area contributed by atoms with E-state index < -0.39 is 0 Å². The molecule has 1 aromatic heterocycles. The number of benzene rings is 1. The van der Waals surface area contributed by atoms with E-state index in [-0.39, 0.29) is 11.9 Å². The van der Waals surface area contributed by atoms with E-state index in [1.807, 2.05) is 11.4 Å². The maximum atomic E-state index is 13.7. The highest BCUT2D eigenvalue weighted by Crippen LogP contribution is 2.28. The zero-order valence-electron chi connectivity index (χ0n) is 9.29. The van der Waals surface area contributed by atoms with Crippen LogP contribution in [0.4, 0.5) is 4.39 Å². The van der Waals surface area contributed by atoms with Crippen molar-refractivity contribution in [3.8, 4) is 0 Å². The molecule has 1 heterocycles. The van der Waals surface area contributed by atoms with Crippen molar-refractivity contribution < 1.29 is 4.39 Å². The Morgan fingerprint density at radius 3 is 2.78 bits per heavy atom. The van der Waals surface area contributed by atoms with Crippen molar-refractivity contribution in [1.82, 2.24) is 5.43 Å². The van der Waals surface area contributed by atoms with Crippen LogP contribution in [0.3, 0.4) is 0 Å². The predicted molar refractivity (Wildman–Crippen MR) is 77.2 cm³/mol. The number of nitrogens with two attached hydrogens (primary N) is 1. The minimum atomic E-state index is -0.307. The van der Waals surface area contributed by atoms with Crippen LogP contribution in [0, 0.1) is 5.82 Å². The van der Waals surface area contributed by atoms with Crippen LogP contribution in [0.2, 0.25) is 5.02 Å². The summed E-state index contributed by atoms with van der Waals surface area (Å²) in [5.74, 6) is 5.23. The van der Waals surface area contributed by atoms with Crippen LogP contribution >= 0.6 is 38.9 Å². The quantitative estimate of drug-likeness (QED) is 0.645. The number of hydrazine groups is 1. The summed E-state index contributed by atoms with van der Waals surface area (Å²) in [7, 11) is 0. The molecule has 0 bridgehead atoms. The Balaban J connectivity index is 2.20. The average Bonchev–Trinajstić information content (AvgIpc) is 2.75. The Morgan fingerprint density at radius 1 is 1.44 bits per heavy atom. The standard InChI is InChI=1S/C12H11BrClFN2S/c13-8-4-12(18-6-8)11(17-16)3-7-1-2-9(14)5-10(7)15/h1-2,4-6,11,17H,3,16H2. The molecule has 2 nitrogen and oxygen atoms in total. The molecule has 0 saturated carbocycles. The molecule has 0 fully saturated rings. The fraction of sp³-hybridized carbons (Fsp3) is 0.167. The third-order valence-corrected chi connectivity index (χ3v) is 4.61. The fourth-order valence-electron chi connectivity index (χ4n) is 1.66. The molecule has 0 amide bonds. The summed E-state index contributed by atoms with van der Waals surface area (Å²) in [6, 6.07) is 6.54. The van der Waals surface area contributed by atoms with Crippen molar-refractivity contribution in [2.45, 2.75) is 12.5 Å². The summed E-state index contributed by atoms with van der Waals surface area (Å²) in [6.07, 6.45) is 0.479. The van der Waals surface area contributed by atoms with Crippen molar-refractivity contribution in [1.29, 1.82) is 0 Å². The van der Waals surface area contributed by atoms with Crippen molar-refractivity contribution >= 4 is 38.9 Å². The first-order valence-electron chi connectivity index (χ1n) is 5.24. The zero-order chi connectivity index (χ0) is 13.1. The van der Waals surface area contributed by atoms with Gasteiger partial charge >= 0.3 is 0 Å². The van der Waals surface area contributed by atoms with Crippen LogP contribution in [0.5, 0.6) is 0 Å². The van der Waals surface area contributed by atoms with E-state index >= 15 is 0 Å². The van der Waals surface area contributed by atoms with Gasteiger partial charge in [0.2, 0.25) is 0 Å². The summed E-state index contributed by atoms with van der Waals surface area (Å²) >= 11 is 10.7. The lowest BCUT2D eigenvalue weighted by Gasteiger charge is -2.14. The molecule has 2 rings (SSSR count). The van der Waals surface area contributed by atoms with E-state index in [4.69, 9.17) is 17.4 Å². The highest BCUT2D eigenvalue weighted by atomic mass is 79.9. The molecular formula is C12H11BrClFN2S. The summed E-state index contributed by atoms with van der Waals surface area (Å²) in [5, 5.41) is 2.37. The molecule has 0 aliphatic heterocycles. The Kier molecular flexibility index (Phi) is 4.75. The van der Waals surface area contributed by atoms with Crippen LogP contribution in [0.1, 0.15) is 16.5 Å². The minimum absolute atomic E-state index is 0.114. The van der Waals surface area contributed by atoms with Gasteiger partial charge in [-0.25, -0.2) is 4.39 Å². The van der Waals surface area contributed by atoms with Crippen LogP contribution in [0.15, 0.2) is 34.1 Å². The van der Waals surface area contributed by atoms with Crippen LogP contribution in [-0.2, 0) is 6.42 Å². The Labute approximate surface area is 122 Å². The number of hydrogen-bond donors (Lipinski definition) is 2. The molecule has 1 atom stereocenters. The van der Waals surface area contributed by atoms with E-state index in [0.717, 1.165) is 9.35 Å². The molecule has 96 valence electrons. The summed E-state index contributed by atoms with van der Waals surface area (Å²) < 4.78 is 14.7. The molecule has 18 heavy (non-hydrogen) atoms. The maximum Gasteiger partial charge on any atom is 0.127 e. The first-order chi connectivity index (χ1) is 8.60. The number of halogens is 3. The van der Waals surface area contributed by atoms with Gasteiger partial charge in [0.25, 0.3) is 0 Å². The monoisotopic (exact) mass is 348 g/mol. The van der Waals surface area contributed by atoms with Gasteiger partial charge in [-0.15, -0.1) is 11.3 Å². The molecular weight excluding hydrogens is 339 g/mol. The van der Waals surface area contributed by atoms with Gasteiger partial charge in [-0.1, -0.05) is 17.7 Å².